The van der Waals surface area contributed by atoms with Crippen molar-refractivity contribution in [3.05, 3.63) is 82.9 Å². The second-order valence-corrected chi connectivity index (χ2v) is 11.7. The minimum atomic E-state index is -0.940. The molecular weight excluding hydrogens is 500 g/mol. The number of rotatable bonds is 12. The van der Waals surface area contributed by atoms with Crippen molar-refractivity contribution in [2.75, 3.05) is 18.5 Å². The van der Waals surface area contributed by atoms with Crippen LogP contribution in [-0.4, -0.2) is 36.2 Å². The fraction of sp³-hybridized carbons (Fsp3) is 0.412. The number of carbonyl (C=O) groups is 2. The van der Waals surface area contributed by atoms with Gasteiger partial charge in [0.1, 0.15) is 12.4 Å². The standard InChI is InChI=1S/C34H44N2O4/c1-8-22(2)30(36-28-15-11-26(12-16-28)33(39)35-18-17-31(37)38)21-40-29-19-23(3)32(24(4)20-29)25-9-13-27(14-10-25)34(5,6)7/h9-16,19-20,22,30,36H,8,17-18,21H2,1-7H3,(H,35,39)(H,37,38). The van der Waals surface area contributed by atoms with Crippen LogP contribution in [0.3, 0.4) is 0 Å². The van der Waals surface area contributed by atoms with E-state index in [-0.39, 0.29) is 30.3 Å². The summed E-state index contributed by atoms with van der Waals surface area (Å²) in [5.41, 5.74) is 7.67. The summed E-state index contributed by atoms with van der Waals surface area (Å²) < 4.78 is 6.33. The van der Waals surface area contributed by atoms with Crippen LogP contribution in [0.1, 0.15) is 74.5 Å². The summed E-state index contributed by atoms with van der Waals surface area (Å²) in [7, 11) is 0. The lowest BCUT2D eigenvalue weighted by Gasteiger charge is -2.26. The van der Waals surface area contributed by atoms with Gasteiger partial charge in [0.15, 0.2) is 0 Å². The fourth-order valence-corrected chi connectivity index (χ4v) is 4.73. The second kappa shape index (κ2) is 13.5. The number of anilines is 1. The van der Waals surface area contributed by atoms with Crippen LogP contribution < -0.4 is 15.4 Å². The van der Waals surface area contributed by atoms with Gasteiger partial charge >= 0.3 is 5.97 Å². The van der Waals surface area contributed by atoms with Crippen LogP contribution in [0.2, 0.25) is 0 Å². The Kier molecular flexibility index (Phi) is 10.4. The minimum absolute atomic E-state index is 0.0745. The lowest BCUT2D eigenvalue weighted by Crippen LogP contribution is -2.33. The van der Waals surface area contributed by atoms with E-state index in [1.54, 1.807) is 12.1 Å². The lowest BCUT2D eigenvalue weighted by molar-refractivity contribution is -0.136. The first-order chi connectivity index (χ1) is 18.9. The molecule has 0 aliphatic carbocycles. The molecule has 0 radical (unpaired) electrons. The number of ether oxygens (including phenoxy) is 1. The summed E-state index contributed by atoms with van der Waals surface area (Å²) in [5.74, 6) is -0.00501. The van der Waals surface area contributed by atoms with Gasteiger partial charge in [-0.3, -0.25) is 9.59 Å². The molecule has 2 unspecified atom stereocenters. The zero-order valence-corrected chi connectivity index (χ0v) is 24.9. The number of carboxylic acid groups (broad SMARTS) is 1. The average molecular weight is 545 g/mol. The zero-order valence-electron chi connectivity index (χ0n) is 24.9. The molecule has 214 valence electrons. The third-order valence-electron chi connectivity index (χ3n) is 7.43. The molecule has 0 saturated carbocycles. The van der Waals surface area contributed by atoms with Crippen molar-refractivity contribution in [2.24, 2.45) is 5.92 Å². The highest BCUT2D eigenvalue weighted by Gasteiger charge is 2.19. The molecule has 1 amide bonds. The highest BCUT2D eigenvalue weighted by molar-refractivity contribution is 5.94. The molecule has 2 atom stereocenters. The predicted molar refractivity (Wildman–Crippen MR) is 163 cm³/mol. The van der Waals surface area contributed by atoms with E-state index in [4.69, 9.17) is 9.84 Å². The number of hydrogen-bond donors (Lipinski definition) is 3. The SMILES string of the molecule is CCC(C)C(COc1cc(C)c(-c2ccc(C(C)(C)C)cc2)c(C)c1)Nc1ccc(C(=O)NCCC(=O)O)cc1. The van der Waals surface area contributed by atoms with Crippen molar-refractivity contribution in [3.63, 3.8) is 0 Å². The van der Waals surface area contributed by atoms with Crippen molar-refractivity contribution in [2.45, 2.75) is 72.8 Å². The number of amides is 1. The monoisotopic (exact) mass is 544 g/mol. The van der Waals surface area contributed by atoms with Gasteiger partial charge in [0.2, 0.25) is 0 Å². The minimum Gasteiger partial charge on any atom is -0.491 e. The van der Waals surface area contributed by atoms with Gasteiger partial charge in [-0.05, 0) is 89.4 Å². The van der Waals surface area contributed by atoms with Gasteiger partial charge in [0, 0.05) is 17.8 Å². The van der Waals surface area contributed by atoms with E-state index in [9.17, 15) is 9.59 Å². The number of nitrogens with one attached hydrogen (secondary N) is 2. The predicted octanol–water partition coefficient (Wildman–Crippen LogP) is 7.38. The van der Waals surface area contributed by atoms with Crippen LogP contribution in [0.15, 0.2) is 60.7 Å². The topological polar surface area (TPSA) is 87.7 Å². The summed E-state index contributed by atoms with van der Waals surface area (Å²) in [6.07, 6.45) is 0.890. The Labute approximate surface area is 239 Å². The summed E-state index contributed by atoms with van der Waals surface area (Å²) in [4.78, 5) is 22.9. The van der Waals surface area contributed by atoms with Gasteiger partial charge in [-0.2, -0.15) is 0 Å². The summed E-state index contributed by atoms with van der Waals surface area (Å²) in [5, 5.41) is 14.9. The molecule has 3 aromatic carbocycles. The number of carbonyl (C=O) groups excluding carboxylic acids is 1. The summed E-state index contributed by atoms with van der Waals surface area (Å²) in [6.45, 7) is 15.9. The lowest BCUT2D eigenvalue weighted by atomic mass is 9.85. The van der Waals surface area contributed by atoms with Gasteiger partial charge in [-0.15, -0.1) is 0 Å². The molecule has 3 rings (SSSR count). The first kappa shape index (κ1) is 30.7. The second-order valence-electron chi connectivity index (χ2n) is 11.7. The van der Waals surface area contributed by atoms with Gasteiger partial charge < -0.3 is 20.5 Å². The van der Waals surface area contributed by atoms with Gasteiger partial charge in [-0.25, -0.2) is 0 Å². The maximum absolute atomic E-state index is 12.3. The molecule has 6 heteroatoms. The Morgan fingerprint density at radius 1 is 0.950 bits per heavy atom. The molecule has 0 aliphatic heterocycles. The number of hydrogen-bond acceptors (Lipinski definition) is 4. The Morgan fingerprint density at radius 3 is 2.08 bits per heavy atom. The van der Waals surface area contributed by atoms with Crippen LogP contribution >= 0.6 is 0 Å². The highest BCUT2D eigenvalue weighted by atomic mass is 16.5. The molecule has 0 heterocycles. The first-order valence-electron chi connectivity index (χ1n) is 14.1. The van der Waals surface area contributed by atoms with Crippen molar-refractivity contribution < 1.29 is 19.4 Å². The van der Waals surface area contributed by atoms with Crippen LogP contribution in [-0.2, 0) is 10.2 Å². The average Bonchev–Trinajstić information content (AvgIpc) is 2.90. The molecule has 0 fully saturated rings. The van der Waals surface area contributed by atoms with Crippen molar-refractivity contribution >= 4 is 17.6 Å². The molecule has 0 spiro atoms. The molecule has 3 aromatic rings. The maximum Gasteiger partial charge on any atom is 0.305 e. The summed E-state index contributed by atoms with van der Waals surface area (Å²) in [6, 6.07) is 20.4. The third kappa shape index (κ3) is 8.35. The van der Waals surface area contributed by atoms with Crippen molar-refractivity contribution in [1.29, 1.82) is 0 Å². The highest BCUT2D eigenvalue weighted by Crippen LogP contribution is 2.33. The molecular formula is C34H44N2O4. The molecule has 6 nitrogen and oxygen atoms in total. The Morgan fingerprint density at radius 2 is 1.55 bits per heavy atom. The number of aryl methyl sites for hydroxylation is 2. The smallest absolute Gasteiger partial charge is 0.305 e. The van der Waals surface area contributed by atoms with Crippen LogP contribution in [0.4, 0.5) is 5.69 Å². The van der Waals surface area contributed by atoms with Crippen molar-refractivity contribution in [3.8, 4) is 16.9 Å². The largest absolute Gasteiger partial charge is 0.491 e. The van der Waals surface area contributed by atoms with E-state index < -0.39 is 5.97 Å². The van der Waals surface area contributed by atoms with Gasteiger partial charge in [0.05, 0.1) is 12.5 Å². The van der Waals surface area contributed by atoms with E-state index in [2.05, 4.69) is 95.5 Å². The molecule has 0 saturated heterocycles. The van der Waals surface area contributed by atoms with E-state index in [1.165, 1.54) is 27.8 Å². The molecule has 0 aliphatic rings. The normalized spacial score (nSPS) is 12.9. The number of aliphatic carboxylic acids is 1. The maximum atomic E-state index is 12.3. The Bertz CT molecular complexity index is 1270. The number of carboxylic acids is 1. The van der Waals surface area contributed by atoms with E-state index in [0.717, 1.165) is 17.9 Å². The third-order valence-corrected chi connectivity index (χ3v) is 7.43. The van der Waals surface area contributed by atoms with E-state index >= 15 is 0 Å². The van der Waals surface area contributed by atoms with Crippen molar-refractivity contribution in [1.82, 2.24) is 5.32 Å². The summed E-state index contributed by atoms with van der Waals surface area (Å²) >= 11 is 0. The fourth-order valence-electron chi connectivity index (χ4n) is 4.73. The van der Waals surface area contributed by atoms with E-state index in [0.29, 0.717) is 18.1 Å². The first-order valence-corrected chi connectivity index (χ1v) is 14.1. The van der Waals surface area contributed by atoms with Gasteiger partial charge in [-0.1, -0.05) is 65.3 Å². The molecule has 0 aromatic heterocycles. The van der Waals surface area contributed by atoms with Crippen LogP contribution in [0.25, 0.3) is 11.1 Å². The molecule has 3 N–H and O–H groups in total. The quantitative estimate of drug-likeness (QED) is 0.221. The van der Waals surface area contributed by atoms with E-state index in [1.807, 2.05) is 12.1 Å². The Balaban J connectivity index is 1.67. The van der Waals surface area contributed by atoms with Gasteiger partial charge in [0.25, 0.3) is 5.91 Å². The number of benzene rings is 3. The molecule has 0 bridgehead atoms. The van der Waals surface area contributed by atoms with Crippen LogP contribution in [0, 0.1) is 19.8 Å². The zero-order chi connectivity index (χ0) is 29.4. The Hall–Kier alpha value is -3.80. The van der Waals surface area contributed by atoms with Crippen LogP contribution in [0.5, 0.6) is 5.75 Å². The molecule has 40 heavy (non-hydrogen) atoms.